The van der Waals surface area contributed by atoms with Crippen molar-refractivity contribution in [2.75, 3.05) is 10.6 Å². The van der Waals surface area contributed by atoms with E-state index in [1.54, 1.807) is 18.3 Å². The first kappa shape index (κ1) is 20.5. The average molecular weight is 429 g/mol. The van der Waals surface area contributed by atoms with Gasteiger partial charge in [-0.05, 0) is 44.9 Å². The number of nitrogens with zero attached hydrogens (tertiary/aromatic N) is 7. The van der Waals surface area contributed by atoms with Crippen molar-refractivity contribution in [2.24, 2.45) is 0 Å². The summed E-state index contributed by atoms with van der Waals surface area (Å²) in [5.41, 5.74) is -0.367. The molecule has 12 heteroatoms. The molecule has 9 nitrogen and oxygen atoms in total. The van der Waals surface area contributed by atoms with Crippen LogP contribution in [0.15, 0.2) is 30.6 Å². The molecule has 0 bridgehead atoms. The Labute approximate surface area is 175 Å². The minimum absolute atomic E-state index is 0.0238. The highest BCUT2D eigenvalue weighted by Crippen LogP contribution is 2.47. The molecule has 31 heavy (non-hydrogen) atoms. The first-order chi connectivity index (χ1) is 14.7. The molecule has 2 N–H and O–H groups in total. The molecule has 0 unspecified atom stereocenters. The molecule has 1 aliphatic carbocycles. The van der Waals surface area contributed by atoms with Gasteiger partial charge in [-0.2, -0.15) is 38.5 Å². The number of hydrogen-bond donors (Lipinski definition) is 2. The third kappa shape index (κ3) is 4.40. The largest absolute Gasteiger partial charge is 0.435 e. The van der Waals surface area contributed by atoms with Crippen molar-refractivity contribution in [1.29, 1.82) is 5.26 Å². The fourth-order valence-electron chi connectivity index (χ4n) is 2.88. The second-order valence-corrected chi connectivity index (χ2v) is 7.47. The Balaban J connectivity index is 1.68. The Morgan fingerprint density at radius 3 is 2.52 bits per heavy atom. The quantitative estimate of drug-likeness (QED) is 0.611. The van der Waals surface area contributed by atoms with E-state index in [1.807, 2.05) is 13.8 Å². The molecule has 0 aliphatic heterocycles. The molecule has 0 spiro atoms. The molecule has 1 aliphatic rings. The predicted octanol–water partition coefficient (Wildman–Crippen LogP) is 3.59. The van der Waals surface area contributed by atoms with Crippen molar-refractivity contribution in [3.05, 3.63) is 42.0 Å². The predicted molar refractivity (Wildman–Crippen MR) is 105 cm³/mol. The van der Waals surface area contributed by atoms with Crippen LogP contribution in [-0.4, -0.2) is 35.8 Å². The van der Waals surface area contributed by atoms with Crippen molar-refractivity contribution >= 4 is 17.6 Å². The highest BCUT2D eigenvalue weighted by Gasteiger charge is 2.46. The van der Waals surface area contributed by atoms with Crippen LogP contribution in [-0.2, 0) is 11.6 Å². The molecule has 1 saturated carbocycles. The topological polar surface area (TPSA) is 117 Å². The van der Waals surface area contributed by atoms with Gasteiger partial charge < -0.3 is 10.6 Å². The molecular weight excluding hydrogens is 411 g/mol. The lowest BCUT2D eigenvalue weighted by atomic mass is 10.0. The number of anilines is 3. The van der Waals surface area contributed by atoms with E-state index < -0.39 is 17.3 Å². The van der Waals surface area contributed by atoms with Gasteiger partial charge in [-0.3, -0.25) is 4.98 Å². The van der Waals surface area contributed by atoms with Crippen LogP contribution in [0.4, 0.5) is 30.8 Å². The standard InChI is InChI=1S/C19H18F3N9/c1-11(2)25-15-27-16(26-12-3-7-24-14(9-12)18(10-23)5-6-18)29-17(28-15)31-8-4-13(30-31)19(20,21)22/h3-4,7-9,11H,5-6H2,1-2H3,(H2,24,25,26,27,28,29). The fraction of sp³-hybridized carbons (Fsp3) is 0.368. The zero-order valence-electron chi connectivity index (χ0n) is 16.6. The Hall–Kier alpha value is -3.75. The summed E-state index contributed by atoms with van der Waals surface area (Å²) in [6.45, 7) is 3.75. The molecule has 0 saturated heterocycles. The minimum Gasteiger partial charge on any atom is -0.352 e. The first-order valence-corrected chi connectivity index (χ1v) is 9.49. The number of hydrogen-bond acceptors (Lipinski definition) is 8. The second-order valence-electron chi connectivity index (χ2n) is 7.47. The van der Waals surface area contributed by atoms with Gasteiger partial charge in [-0.1, -0.05) is 0 Å². The van der Waals surface area contributed by atoms with Gasteiger partial charge >= 0.3 is 6.18 Å². The number of rotatable bonds is 6. The van der Waals surface area contributed by atoms with Gasteiger partial charge in [-0.25, -0.2) is 4.68 Å². The number of aromatic nitrogens is 6. The van der Waals surface area contributed by atoms with Crippen LogP contribution >= 0.6 is 0 Å². The summed E-state index contributed by atoms with van der Waals surface area (Å²) in [5.74, 6) is 0.203. The number of alkyl halides is 3. The second kappa shape index (κ2) is 7.50. The monoisotopic (exact) mass is 429 g/mol. The third-order valence-corrected chi connectivity index (χ3v) is 4.60. The summed E-state index contributed by atoms with van der Waals surface area (Å²) in [5, 5.41) is 18.9. The lowest BCUT2D eigenvalue weighted by molar-refractivity contribution is -0.141. The van der Waals surface area contributed by atoms with Gasteiger partial charge in [0.05, 0.1) is 17.2 Å². The SMILES string of the molecule is CC(C)Nc1nc(Nc2ccnc(C3(C#N)CC3)c2)nc(-n2ccc(C(F)(F)F)n2)n1. The van der Waals surface area contributed by atoms with Crippen LogP contribution in [0, 0.1) is 11.3 Å². The summed E-state index contributed by atoms with van der Waals surface area (Å²) >= 11 is 0. The normalized spacial score (nSPS) is 14.9. The van der Waals surface area contributed by atoms with Crippen LogP contribution in [0.2, 0.25) is 0 Å². The molecule has 0 radical (unpaired) electrons. The van der Waals surface area contributed by atoms with Crippen molar-refractivity contribution < 1.29 is 13.2 Å². The first-order valence-electron chi connectivity index (χ1n) is 9.49. The van der Waals surface area contributed by atoms with Gasteiger partial charge in [0.1, 0.15) is 0 Å². The van der Waals surface area contributed by atoms with Crippen molar-refractivity contribution in [1.82, 2.24) is 29.7 Å². The summed E-state index contributed by atoms with van der Waals surface area (Å²) in [6.07, 6.45) is -0.368. The van der Waals surface area contributed by atoms with Gasteiger partial charge in [0.2, 0.25) is 11.9 Å². The maximum atomic E-state index is 12.9. The number of nitrogens with one attached hydrogen (secondary N) is 2. The van der Waals surface area contributed by atoms with Crippen molar-refractivity contribution in [2.45, 2.75) is 44.3 Å². The van der Waals surface area contributed by atoms with Crippen LogP contribution in [0.3, 0.4) is 0 Å². The summed E-state index contributed by atoms with van der Waals surface area (Å²) < 4.78 is 39.7. The van der Waals surface area contributed by atoms with E-state index in [0.717, 1.165) is 29.8 Å². The van der Waals surface area contributed by atoms with Gasteiger partial charge in [0.25, 0.3) is 5.95 Å². The molecule has 0 aromatic carbocycles. The summed E-state index contributed by atoms with van der Waals surface area (Å²) in [6, 6.07) is 6.54. The van der Waals surface area contributed by atoms with Crippen LogP contribution < -0.4 is 10.6 Å². The lowest BCUT2D eigenvalue weighted by Crippen LogP contribution is -2.16. The van der Waals surface area contributed by atoms with Crippen molar-refractivity contribution in [3.8, 4) is 12.0 Å². The summed E-state index contributed by atoms with van der Waals surface area (Å²) in [7, 11) is 0. The highest BCUT2D eigenvalue weighted by molar-refractivity contribution is 5.56. The fourth-order valence-corrected chi connectivity index (χ4v) is 2.88. The number of pyridine rings is 1. The molecule has 3 aromatic heterocycles. The number of nitriles is 1. The lowest BCUT2D eigenvalue weighted by Gasteiger charge is -2.13. The van der Waals surface area contributed by atoms with Gasteiger partial charge in [0.15, 0.2) is 5.69 Å². The smallest absolute Gasteiger partial charge is 0.352 e. The molecule has 4 rings (SSSR count). The zero-order chi connectivity index (χ0) is 22.2. The van der Waals surface area contributed by atoms with E-state index in [2.05, 4.69) is 41.7 Å². The van der Waals surface area contributed by atoms with Gasteiger partial charge in [-0.15, -0.1) is 0 Å². The third-order valence-electron chi connectivity index (χ3n) is 4.60. The van der Waals surface area contributed by atoms with E-state index >= 15 is 0 Å². The Kier molecular flexibility index (Phi) is 4.96. The minimum atomic E-state index is -4.58. The zero-order valence-corrected chi connectivity index (χ0v) is 16.6. The average Bonchev–Trinajstić information content (AvgIpc) is 3.33. The maximum Gasteiger partial charge on any atom is 0.435 e. The molecule has 3 aromatic rings. The van der Waals surface area contributed by atoms with Crippen LogP contribution in [0.1, 0.15) is 38.1 Å². The van der Waals surface area contributed by atoms with E-state index in [1.165, 1.54) is 0 Å². The van der Waals surface area contributed by atoms with Crippen LogP contribution in [0.25, 0.3) is 5.95 Å². The van der Waals surface area contributed by atoms with Crippen LogP contribution in [0.5, 0.6) is 0 Å². The maximum absolute atomic E-state index is 12.9. The molecular formula is C19H18F3N9. The number of halogens is 3. The van der Waals surface area contributed by atoms with E-state index in [9.17, 15) is 18.4 Å². The highest BCUT2D eigenvalue weighted by atomic mass is 19.4. The van der Waals surface area contributed by atoms with E-state index in [0.29, 0.717) is 11.4 Å². The Morgan fingerprint density at radius 2 is 1.90 bits per heavy atom. The molecule has 160 valence electrons. The molecule has 0 atom stereocenters. The Morgan fingerprint density at radius 1 is 1.16 bits per heavy atom. The van der Waals surface area contributed by atoms with Crippen molar-refractivity contribution in [3.63, 3.8) is 0 Å². The van der Waals surface area contributed by atoms with Gasteiger partial charge in [0, 0.05) is 24.1 Å². The Bertz CT molecular complexity index is 1140. The molecule has 1 fully saturated rings. The molecule has 0 amide bonds. The van der Waals surface area contributed by atoms with E-state index in [4.69, 9.17) is 0 Å². The summed E-state index contributed by atoms with van der Waals surface area (Å²) in [4.78, 5) is 16.9. The van der Waals surface area contributed by atoms with E-state index in [-0.39, 0.29) is 23.9 Å². The molecule has 3 heterocycles.